The SMILES string of the molecule is COc1ccccc1-n1ccc(C)c(C(=O)NCCc2csc(N)n2)c1=O. The number of ether oxygens (including phenoxy) is 1. The number of amides is 1. The third kappa shape index (κ3) is 4.01. The molecule has 0 bridgehead atoms. The van der Waals surface area contributed by atoms with Gasteiger partial charge in [-0.15, -0.1) is 11.3 Å². The molecule has 0 atom stereocenters. The lowest BCUT2D eigenvalue weighted by Crippen LogP contribution is -2.34. The van der Waals surface area contributed by atoms with Crippen molar-refractivity contribution in [3.63, 3.8) is 0 Å². The molecule has 0 aliphatic carbocycles. The normalized spacial score (nSPS) is 10.6. The van der Waals surface area contributed by atoms with Crippen LogP contribution in [0.3, 0.4) is 0 Å². The second-order valence-corrected chi connectivity index (χ2v) is 6.79. The number of aryl methyl sites for hydroxylation is 1. The van der Waals surface area contributed by atoms with Gasteiger partial charge in [0.25, 0.3) is 11.5 Å². The third-order valence-electron chi connectivity index (χ3n) is 4.11. The molecule has 3 N–H and O–H groups in total. The van der Waals surface area contributed by atoms with Gasteiger partial charge in [-0.1, -0.05) is 12.1 Å². The Morgan fingerprint density at radius 2 is 2.11 bits per heavy atom. The number of hydrogen-bond acceptors (Lipinski definition) is 6. The molecule has 1 aromatic carbocycles. The van der Waals surface area contributed by atoms with Gasteiger partial charge < -0.3 is 15.8 Å². The van der Waals surface area contributed by atoms with Gasteiger partial charge in [0, 0.05) is 24.5 Å². The molecule has 2 aromatic heterocycles. The van der Waals surface area contributed by atoms with E-state index in [9.17, 15) is 9.59 Å². The van der Waals surface area contributed by atoms with Crippen LogP contribution in [0.25, 0.3) is 5.69 Å². The van der Waals surface area contributed by atoms with E-state index in [1.54, 1.807) is 31.3 Å². The molecule has 0 saturated carbocycles. The summed E-state index contributed by atoms with van der Waals surface area (Å²) in [5.74, 6) is 0.140. The molecule has 0 saturated heterocycles. The lowest BCUT2D eigenvalue weighted by atomic mass is 10.1. The van der Waals surface area contributed by atoms with E-state index in [1.807, 2.05) is 17.5 Å². The van der Waals surface area contributed by atoms with Crippen LogP contribution in [0.2, 0.25) is 0 Å². The van der Waals surface area contributed by atoms with Crippen molar-refractivity contribution in [1.82, 2.24) is 14.9 Å². The molecule has 0 fully saturated rings. The fourth-order valence-corrected chi connectivity index (χ4v) is 3.35. The molecule has 1 amide bonds. The summed E-state index contributed by atoms with van der Waals surface area (Å²) in [4.78, 5) is 29.7. The summed E-state index contributed by atoms with van der Waals surface area (Å²) < 4.78 is 6.74. The molecule has 8 heteroatoms. The number of rotatable bonds is 6. The number of benzene rings is 1. The van der Waals surface area contributed by atoms with Crippen molar-refractivity contribution in [2.45, 2.75) is 13.3 Å². The zero-order chi connectivity index (χ0) is 19.4. The van der Waals surface area contributed by atoms with Crippen LogP contribution in [-0.4, -0.2) is 29.1 Å². The molecule has 140 valence electrons. The van der Waals surface area contributed by atoms with E-state index in [4.69, 9.17) is 10.5 Å². The number of nitrogen functional groups attached to an aromatic ring is 1. The van der Waals surface area contributed by atoms with E-state index in [2.05, 4.69) is 10.3 Å². The number of para-hydroxylation sites is 2. The van der Waals surface area contributed by atoms with Crippen LogP contribution in [0, 0.1) is 6.92 Å². The molecule has 0 spiro atoms. The third-order valence-corrected chi connectivity index (χ3v) is 4.83. The van der Waals surface area contributed by atoms with Gasteiger partial charge in [0.2, 0.25) is 0 Å². The van der Waals surface area contributed by atoms with E-state index in [1.165, 1.54) is 23.0 Å². The number of methoxy groups -OCH3 is 1. The lowest BCUT2D eigenvalue weighted by molar-refractivity contribution is 0.0951. The Kier molecular flexibility index (Phi) is 5.56. The van der Waals surface area contributed by atoms with Crippen molar-refractivity contribution in [2.75, 3.05) is 19.4 Å². The smallest absolute Gasteiger partial charge is 0.268 e. The van der Waals surface area contributed by atoms with Crippen LogP contribution >= 0.6 is 11.3 Å². The highest BCUT2D eigenvalue weighted by molar-refractivity contribution is 7.13. The van der Waals surface area contributed by atoms with E-state index in [0.29, 0.717) is 35.1 Å². The first-order chi connectivity index (χ1) is 13.0. The number of nitrogens with one attached hydrogen (secondary N) is 1. The number of nitrogens with two attached hydrogens (primary N) is 1. The maximum Gasteiger partial charge on any atom is 0.268 e. The molecule has 7 nitrogen and oxygen atoms in total. The van der Waals surface area contributed by atoms with Gasteiger partial charge in [-0.25, -0.2) is 4.98 Å². The van der Waals surface area contributed by atoms with Crippen LogP contribution in [0.15, 0.2) is 46.7 Å². The predicted molar refractivity (Wildman–Crippen MR) is 106 cm³/mol. The van der Waals surface area contributed by atoms with E-state index in [0.717, 1.165) is 5.69 Å². The summed E-state index contributed by atoms with van der Waals surface area (Å²) in [5, 5.41) is 5.13. The zero-order valence-corrected chi connectivity index (χ0v) is 15.9. The topological polar surface area (TPSA) is 99.2 Å². The molecule has 3 aromatic rings. The van der Waals surface area contributed by atoms with Gasteiger partial charge in [0.1, 0.15) is 11.3 Å². The number of anilines is 1. The van der Waals surface area contributed by atoms with Crippen LogP contribution in [0.4, 0.5) is 5.13 Å². The highest BCUT2D eigenvalue weighted by Gasteiger charge is 2.17. The van der Waals surface area contributed by atoms with Crippen molar-refractivity contribution in [2.24, 2.45) is 0 Å². The fraction of sp³-hybridized carbons (Fsp3) is 0.211. The monoisotopic (exact) mass is 384 g/mol. The highest BCUT2D eigenvalue weighted by Crippen LogP contribution is 2.21. The first-order valence-electron chi connectivity index (χ1n) is 8.35. The summed E-state index contributed by atoms with van der Waals surface area (Å²) in [7, 11) is 1.54. The molecule has 3 rings (SSSR count). The quantitative estimate of drug-likeness (QED) is 0.679. The first-order valence-corrected chi connectivity index (χ1v) is 9.23. The van der Waals surface area contributed by atoms with Gasteiger partial charge in [0.15, 0.2) is 5.13 Å². The maximum absolute atomic E-state index is 13.0. The average Bonchev–Trinajstić information content (AvgIpc) is 3.07. The van der Waals surface area contributed by atoms with Crippen LogP contribution in [-0.2, 0) is 6.42 Å². The van der Waals surface area contributed by atoms with Gasteiger partial charge in [0.05, 0.1) is 18.5 Å². The van der Waals surface area contributed by atoms with Crippen molar-refractivity contribution in [3.05, 3.63) is 69.1 Å². The average molecular weight is 384 g/mol. The zero-order valence-electron chi connectivity index (χ0n) is 15.1. The number of aromatic nitrogens is 2. The van der Waals surface area contributed by atoms with E-state index >= 15 is 0 Å². The predicted octanol–water partition coefficient (Wildman–Crippen LogP) is 2.17. The molecule has 2 heterocycles. The van der Waals surface area contributed by atoms with Crippen molar-refractivity contribution in [1.29, 1.82) is 0 Å². The summed E-state index contributed by atoms with van der Waals surface area (Å²) in [6, 6.07) is 8.90. The molecule has 27 heavy (non-hydrogen) atoms. The molecule has 0 unspecified atom stereocenters. The number of pyridine rings is 1. The molecular weight excluding hydrogens is 364 g/mol. The molecular formula is C19H20N4O3S. The Morgan fingerprint density at radius 3 is 2.81 bits per heavy atom. The van der Waals surface area contributed by atoms with E-state index < -0.39 is 11.5 Å². The summed E-state index contributed by atoms with van der Waals surface area (Å²) >= 11 is 1.36. The van der Waals surface area contributed by atoms with Gasteiger partial charge >= 0.3 is 0 Å². The Hall–Kier alpha value is -3.13. The highest BCUT2D eigenvalue weighted by atomic mass is 32.1. The summed E-state index contributed by atoms with van der Waals surface area (Å²) in [6.07, 6.45) is 2.19. The first kappa shape index (κ1) is 18.7. The minimum absolute atomic E-state index is 0.112. The van der Waals surface area contributed by atoms with Crippen LogP contribution in [0.5, 0.6) is 5.75 Å². The molecule has 0 aliphatic rings. The lowest BCUT2D eigenvalue weighted by Gasteiger charge is -2.13. The largest absolute Gasteiger partial charge is 0.495 e. The maximum atomic E-state index is 13.0. The number of carbonyl (C=O) groups excluding carboxylic acids is 1. The van der Waals surface area contributed by atoms with Gasteiger partial charge in [-0.2, -0.15) is 0 Å². The summed E-state index contributed by atoms with van der Waals surface area (Å²) in [5.41, 5.74) is 7.33. The number of carbonyl (C=O) groups is 1. The van der Waals surface area contributed by atoms with Crippen molar-refractivity contribution in [3.8, 4) is 11.4 Å². The van der Waals surface area contributed by atoms with Crippen LogP contribution < -0.4 is 21.3 Å². The summed E-state index contributed by atoms with van der Waals surface area (Å²) in [6.45, 7) is 2.11. The fourth-order valence-electron chi connectivity index (χ4n) is 2.75. The Labute approximate surface area is 160 Å². The second kappa shape index (κ2) is 8.05. The van der Waals surface area contributed by atoms with Crippen LogP contribution in [0.1, 0.15) is 21.6 Å². The molecule has 0 radical (unpaired) electrons. The second-order valence-electron chi connectivity index (χ2n) is 5.90. The number of thiazole rings is 1. The minimum atomic E-state index is -0.412. The van der Waals surface area contributed by atoms with Gasteiger partial charge in [-0.05, 0) is 30.7 Å². The Morgan fingerprint density at radius 1 is 1.33 bits per heavy atom. The minimum Gasteiger partial charge on any atom is -0.495 e. The standard InChI is InChI=1S/C19H20N4O3S/c1-12-8-10-23(14-5-3-4-6-15(14)26-2)18(25)16(12)17(24)21-9-7-13-11-27-19(20)22-13/h3-6,8,10-11H,7,9H2,1-2H3,(H2,20,22)(H,21,24). The van der Waals surface area contributed by atoms with E-state index in [-0.39, 0.29) is 5.56 Å². The number of nitrogens with zero attached hydrogens (tertiary/aromatic N) is 2. The Bertz CT molecular complexity index is 1030. The molecule has 0 aliphatic heterocycles. The van der Waals surface area contributed by atoms with Crippen molar-refractivity contribution < 1.29 is 9.53 Å². The van der Waals surface area contributed by atoms with Gasteiger partial charge in [-0.3, -0.25) is 14.2 Å². The Balaban J connectivity index is 1.84. The number of hydrogen-bond donors (Lipinski definition) is 2. The van der Waals surface area contributed by atoms with Crippen molar-refractivity contribution >= 4 is 22.4 Å².